The number of carbonyl (C=O) groups excluding carboxylic acids is 1. The second kappa shape index (κ2) is 6.74. The third kappa shape index (κ3) is 4.85. The average Bonchev–Trinajstić information content (AvgIpc) is 2.77. The fraction of sp³-hybridized carbons (Fsp3) is 0.818. The normalized spacial score (nSPS) is 20.9. The van der Waals surface area contributed by atoms with Gasteiger partial charge in [-0.25, -0.2) is 4.79 Å². The van der Waals surface area contributed by atoms with Gasteiger partial charge in [-0.1, -0.05) is 6.92 Å². The quantitative estimate of drug-likeness (QED) is 0.780. The Kier molecular flexibility index (Phi) is 5.61. The van der Waals surface area contributed by atoms with Crippen LogP contribution in [-0.4, -0.2) is 53.1 Å². The van der Waals surface area contributed by atoms with Gasteiger partial charge in [0, 0.05) is 31.8 Å². The Morgan fingerprint density at radius 2 is 2.29 bits per heavy atom. The van der Waals surface area contributed by atoms with E-state index >= 15 is 0 Å². The molecule has 1 rings (SSSR count). The molecule has 5 nitrogen and oxygen atoms in total. The van der Waals surface area contributed by atoms with Crippen molar-refractivity contribution in [2.24, 2.45) is 5.92 Å². The van der Waals surface area contributed by atoms with Crippen molar-refractivity contribution in [2.75, 3.05) is 25.1 Å². The summed E-state index contributed by atoms with van der Waals surface area (Å²) in [5.41, 5.74) is 0. The van der Waals surface area contributed by atoms with Crippen LogP contribution in [0.25, 0.3) is 0 Å². The van der Waals surface area contributed by atoms with Crippen LogP contribution in [0.1, 0.15) is 19.8 Å². The van der Waals surface area contributed by atoms with E-state index in [0.717, 1.165) is 17.9 Å². The molecule has 0 radical (unpaired) electrons. The SMILES string of the molecule is CC(CNC(=O)N(C)C1CCSC1)CC(=O)O. The van der Waals surface area contributed by atoms with Gasteiger partial charge in [0.1, 0.15) is 0 Å². The molecule has 1 aliphatic heterocycles. The molecule has 1 fully saturated rings. The second-order valence-electron chi connectivity index (χ2n) is 4.52. The number of nitrogens with zero attached hydrogens (tertiary/aromatic N) is 1. The first-order valence-corrected chi connectivity index (χ1v) is 6.96. The molecule has 0 saturated carbocycles. The van der Waals surface area contributed by atoms with Crippen LogP contribution in [0.2, 0.25) is 0 Å². The Hall–Kier alpha value is -0.910. The molecule has 2 N–H and O–H groups in total. The van der Waals surface area contributed by atoms with E-state index in [4.69, 9.17) is 5.11 Å². The molecule has 0 aliphatic carbocycles. The van der Waals surface area contributed by atoms with Crippen LogP contribution in [0, 0.1) is 5.92 Å². The maximum absolute atomic E-state index is 11.8. The first-order valence-electron chi connectivity index (χ1n) is 5.81. The van der Waals surface area contributed by atoms with E-state index in [2.05, 4.69) is 5.32 Å². The zero-order valence-electron chi connectivity index (χ0n) is 10.3. The highest BCUT2D eigenvalue weighted by atomic mass is 32.2. The highest BCUT2D eigenvalue weighted by Gasteiger charge is 2.23. The molecule has 0 bridgehead atoms. The smallest absolute Gasteiger partial charge is 0.317 e. The van der Waals surface area contributed by atoms with Crippen LogP contribution in [0.15, 0.2) is 0 Å². The lowest BCUT2D eigenvalue weighted by atomic mass is 10.1. The first-order chi connectivity index (χ1) is 8.00. The predicted octanol–water partition coefficient (Wildman–Crippen LogP) is 1.24. The van der Waals surface area contributed by atoms with Crippen molar-refractivity contribution in [3.8, 4) is 0 Å². The third-order valence-corrected chi connectivity index (χ3v) is 4.04. The van der Waals surface area contributed by atoms with Gasteiger partial charge < -0.3 is 15.3 Å². The van der Waals surface area contributed by atoms with E-state index < -0.39 is 5.97 Å². The van der Waals surface area contributed by atoms with Gasteiger partial charge in [0.25, 0.3) is 0 Å². The van der Waals surface area contributed by atoms with E-state index in [1.165, 1.54) is 0 Å². The van der Waals surface area contributed by atoms with Crippen molar-refractivity contribution in [3.63, 3.8) is 0 Å². The maximum Gasteiger partial charge on any atom is 0.317 e. The van der Waals surface area contributed by atoms with Crippen molar-refractivity contribution < 1.29 is 14.7 Å². The molecule has 0 aromatic rings. The number of carbonyl (C=O) groups is 2. The van der Waals surface area contributed by atoms with Crippen LogP contribution in [-0.2, 0) is 4.79 Å². The number of rotatable bonds is 5. The molecule has 0 aromatic carbocycles. The molecule has 17 heavy (non-hydrogen) atoms. The maximum atomic E-state index is 11.8. The van der Waals surface area contributed by atoms with Gasteiger partial charge in [0.05, 0.1) is 0 Å². The molecule has 98 valence electrons. The monoisotopic (exact) mass is 260 g/mol. The molecule has 2 atom stereocenters. The predicted molar refractivity (Wildman–Crippen MR) is 68.3 cm³/mol. The van der Waals surface area contributed by atoms with Gasteiger partial charge in [0.2, 0.25) is 0 Å². The molecule has 1 aliphatic rings. The summed E-state index contributed by atoms with van der Waals surface area (Å²) < 4.78 is 0. The van der Waals surface area contributed by atoms with Crippen LogP contribution >= 0.6 is 11.8 Å². The number of amides is 2. The summed E-state index contributed by atoms with van der Waals surface area (Å²) in [4.78, 5) is 24.0. The number of hydrogen-bond donors (Lipinski definition) is 2. The van der Waals surface area contributed by atoms with Gasteiger partial charge in [-0.05, 0) is 18.1 Å². The number of urea groups is 1. The summed E-state index contributed by atoms with van der Waals surface area (Å²) in [6.07, 6.45) is 1.13. The highest BCUT2D eigenvalue weighted by Crippen LogP contribution is 2.21. The van der Waals surface area contributed by atoms with E-state index in [1.807, 2.05) is 18.7 Å². The Labute approximate surface area is 106 Å². The second-order valence-corrected chi connectivity index (χ2v) is 5.67. The summed E-state index contributed by atoms with van der Waals surface area (Å²) in [6, 6.07) is 0.213. The summed E-state index contributed by atoms with van der Waals surface area (Å²) in [6.45, 7) is 2.23. The highest BCUT2D eigenvalue weighted by molar-refractivity contribution is 7.99. The molecule has 0 spiro atoms. The summed E-state index contributed by atoms with van der Waals surface area (Å²) in [5, 5.41) is 11.4. The third-order valence-electron chi connectivity index (χ3n) is 2.90. The standard InChI is InChI=1S/C11H20N2O3S/c1-8(5-10(14)15)6-12-11(16)13(2)9-3-4-17-7-9/h8-9H,3-7H2,1-2H3,(H,12,16)(H,14,15). The lowest BCUT2D eigenvalue weighted by Gasteiger charge is -2.24. The zero-order chi connectivity index (χ0) is 12.8. The van der Waals surface area contributed by atoms with Crippen LogP contribution < -0.4 is 5.32 Å². The molecule has 2 unspecified atom stereocenters. The Morgan fingerprint density at radius 1 is 1.59 bits per heavy atom. The summed E-state index contributed by atoms with van der Waals surface area (Å²) >= 11 is 1.86. The van der Waals surface area contributed by atoms with Crippen molar-refractivity contribution in [2.45, 2.75) is 25.8 Å². The molecule has 1 heterocycles. The van der Waals surface area contributed by atoms with Crippen molar-refractivity contribution in [1.29, 1.82) is 0 Å². The Morgan fingerprint density at radius 3 is 2.82 bits per heavy atom. The van der Waals surface area contributed by atoms with Gasteiger partial charge in [0.15, 0.2) is 0 Å². The minimum atomic E-state index is -0.827. The average molecular weight is 260 g/mol. The lowest BCUT2D eigenvalue weighted by Crippen LogP contribution is -2.44. The van der Waals surface area contributed by atoms with E-state index in [-0.39, 0.29) is 18.4 Å². The molecular formula is C11H20N2O3S. The number of hydrogen-bond acceptors (Lipinski definition) is 3. The fourth-order valence-electron chi connectivity index (χ4n) is 1.75. The van der Waals surface area contributed by atoms with E-state index in [0.29, 0.717) is 12.6 Å². The summed E-state index contributed by atoms with van der Waals surface area (Å²) in [5.74, 6) is 1.24. The van der Waals surface area contributed by atoms with Crippen LogP contribution in [0.4, 0.5) is 4.79 Å². The zero-order valence-corrected chi connectivity index (χ0v) is 11.1. The molecule has 6 heteroatoms. The lowest BCUT2D eigenvalue weighted by molar-refractivity contribution is -0.137. The molecular weight excluding hydrogens is 240 g/mol. The van der Waals surface area contributed by atoms with Gasteiger partial charge in [-0.3, -0.25) is 4.79 Å². The number of aliphatic carboxylic acids is 1. The van der Waals surface area contributed by atoms with Crippen molar-refractivity contribution >= 4 is 23.8 Å². The van der Waals surface area contributed by atoms with Gasteiger partial charge in [-0.15, -0.1) is 0 Å². The van der Waals surface area contributed by atoms with E-state index in [9.17, 15) is 9.59 Å². The Bertz CT molecular complexity index is 280. The fourth-order valence-corrected chi connectivity index (χ4v) is 3.02. The van der Waals surface area contributed by atoms with Crippen LogP contribution in [0.5, 0.6) is 0 Å². The molecule has 2 amide bonds. The number of carboxylic acids is 1. The number of carboxylic acid groups (broad SMARTS) is 1. The van der Waals surface area contributed by atoms with Gasteiger partial charge in [-0.2, -0.15) is 11.8 Å². The van der Waals surface area contributed by atoms with Gasteiger partial charge >= 0.3 is 12.0 Å². The molecule has 0 aromatic heterocycles. The summed E-state index contributed by atoms with van der Waals surface area (Å²) in [7, 11) is 1.80. The number of thioether (sulfide) groups is 1. The van der Waals surface area contributed by atoms with Crippen molar-refractivity contribution in [1.82, 2.24) is 10.2 Å². The van der Waals surface area contributed by atoms with E-state index in [1.54, 1.807) is 11.9 Å². The Balaban J connectivity index is 2.26. The largest absolute Gasteiger partial charge is 0.481 e. The molecule has 1 saturated heterocycles. The van der Waals surface area contributed by atoms with Crippen molar-refractivity contribution in [3.05, 3.63) is 0 Å². The topological polar surface area (TPSA) is 69.6 Å². The minimum Gasteiger partial charge on any atom is -0.481 e. The number of nitrogens with one attached hydrogen (secondary N) is 1. The first kappa shape index (κ1) is 14.2. The van der Waals surface area contributed by atoms with Crippen LogP contribution in [0.3, 0.4) is 0 Å². The minimum absolute atomic E-state index is 0.0391.